The van der Waals surface area contributed by atoms with Gasteiger partial charge < -0.3 is 5.32 Å². The van der Waals surface area contributed by atoms with Crippen molar-refractivity contribution < 1.29 is 4.79 Å². The molecule has 1 fully saturated rings. The molecule has 1 N–H and O–H groups in total. The maximum Gasteiger partial charge on any atom is 0.255 e. The van der Waals surface area contributed by atoms with Crippen LogP contribution in [0.2, 0.25) is 0 Å². The fraction of sp³-hybridized carbons (Fsp3) is 0.545. The van der Waals surface area contributed by atoms with Gasteiger partial charge in [-0.2, -0.15) is 5.10 Å². The Labute approximate surface area is 162 Å². The maximum absolute atomic E-state index is 12.8. The standard InChI is InChI=1S/C22H32N4O/c1-5-12-26-18(4)21(17(3)24-26)22(27)23-20-10-13-25(14-11-20)15-19-9-7-6-8-16(19)2/h6-9,20H,5,10-15H2,1-4H3,(H,23,27). The number of hydrogen-bond donors (Lipinski definition) is 1. The molecule has 0 saturated carbocycles. The minimum Gasteiger partial charge on any atom is -0.349 e. The minimum atomic E-state index is 0.0321. The van der Waals surface area contributed by atoms with E-state index in [-0.39, 0.29) is 11.9 Å². The van der Waals surface area contributed by atoms with Gasteiger partial charge >= 0.3 is 0 Å². The molecule has 1 aromatic heterocycles. The van der Waals surface area contributed by atoms with Gasteiger partial charge in [0.15, 0.2) is 0 Å². The predicted molar refractivity (Wildman–Crippen MR) is 109 cm³/mol. The van der Waals surface area contributed by atoms with E-state index >= 15 is 0 Å². The minimum absolute atomic E-state index is 0.0321. The van der Waals surface area contributed by atoms with Crippen LogP contribution in [-0.4, -0.2) is 39.7 Å². The number of carbonyl (C=O) groups is 1. The Morgan fingerprint density at radius 1 is 1.19 bits per heavy atom. The van der Waals surface area contributed by atoms with E-state index in [2.05, 4.69) is 53.4 Å². The Morgan fingerprint density at radius 3 is 2.56 bits per heavy atom. The molecule has 3 rings (SSSR count). The van der Waals surface area contributed by atoms with Crippen molar-refractivity contribution in [1.82, 2.24) is 20.0 Å². The van der Waals surface area contributed by atoms with Crippen molar-refractivity contribution in [3.63, 3.8) is 0 Å². The normalized spacial score (nSPS) is 15.9. The average molecular weight is 369 g/mol. The van der Waals surface area contributed by atoms with Crippen molar-refractivity contribution in [2.45, 2.75) is 66.1 Å². The quantitative estimate of drug-likeness (QED) is 0.847. The molecule has 0 spiro atoms. The van der Waals surface area contributed by atoms with Crippen LogP contribution in [0.3, 0.4) is 0 Å². The van der Waals surface area contributed by atoms with Gasteiger partial charge in [0.25, 0.3) is 5.91 Å². The Hall–Kier alpha value is -2.14. The van der Waals surface area contributed by atoms with Crippen LogP contribution in [0.15, 0.2) is 24.3 Å². The van der Waals surface area contributed by atoms with Crippen molar-refractivity contribution in [3.8, 4) is 0 Å². The van der Waals surface area contributed by atoms with Crippen LogP contribution in [0, 0.1) is 20.8 Å². The largest absolute Gasteiger partial charge is 0.349 e. The molecule has 0 radical (unpaired) electrons. The third-order valence-electron chi connectivity index (χ3n) is 5.62. The van der Waals surface area contributed by atoms with Crippen molar-refractivity contribution in [1.29, 1.82) is 0 Å². The molecule has 0 unspecified atom stereocenters. The summed E-state index contributed by atoms with van der Waals surface area (Å²) in [6, 6.07) is 8.83. The van der Waals surface area contributed by atoms with E-state index < -0.39 is 0 Å². The molecule has 146 valence electrons. The first-order chi connectivity index (χ1) is 13.0. The van der Waals surface area contributed by atoms with Gasteiger partial charge in [-0.05, 0) is 51.2 Å². The second-order valence-corrected chi connectivity index (χ2v) is 7.72. The second-order valence-electron chi connectivity index (χ2n) is 7.72. The lowest BCUT2D eigenvalue weighted by atomic mass is 10.0. The predicted octanol–water partition coefficient (Wildman–Crippen LogP) is 3.61. The van der Waals surface area contributed by atoms with Gasteiger partial charge in [-0.3, -0.25) is 14.4 Å². The summed E-state index contributed by atoms with van der Waals surface area (Å²) in [5.41, 5.74) is 5.31. The first-order valence-corrected chi connectivity index (χ1v) is 10.1. The summed E-state index contributed by atoms with van der Waals surface area (Å²) in [6.45, 7) is 12.1. The third kappa shape index (κ3) is 4.59. The number of nitrogens with one attached hydrogen (secondary N) is 1. The van der Waals surface area contributed by atoms with Crippen LogP contribution in [0.4, 0.5) is 0 Å². The molecule has 1 saturated heterocycles. The second kappa shape index (κ2) is 8.70. The molecular weight excluding hydrogens is 336 g/mol. The van der Waals surface area contributed by atoms with Crippen LogP contribution in [0.5, 0.6) is 0 Å². The molecular formula is C22H32N4O. The lowest BCUT2D eigenvalue weighted by molar-refractivity contribution is 0.0907. The van der Waals surface area contributed by atoms with E-state index in [1.54, 1.807) is 0 Å². The SMILES string of the molecule is CCCn1nc(C)c(C(=O)NC2CCN(Cc3ccccc3C)CC2)c1C. The molecule has 1 aliphatic heterocycles. The van der Waals surface area contributed by atoms with Crippen molar-refractivity contribution >= 4 is 5.91 Å². The highest BCUT2D eigenvalue weighted by atomic mass is 16.1. The van der Waals surface area contributed by atoms with Gasteiger partial charge in [0.2, 0.25) is 0 Å². The van der Waals surface area contributed by atoms with Crippen LogP contribution in [-0.2, 0) is 13.1 Å². The summed E-state index contributed by atoms with van der Waals surface area (Å²) < 4.78 is 1.95. The van der Waals surface area contributed by atoms with Gasteiger partial charge in [-0.25, -0.2) is 0 Å². The molecule has 2 aromatic rings. The summed E-state index contributed by atoms with van der Waals surface area (Å²) in [4.78, 5) is 15.3. The van der Waals surface area contributed by atoms with Crippen molar-refractivity contribution in [2.24, 2.45) is 0 Å². The van der Waals surface area contributed by atoms with Crippen LogP contribution < -0.4 is 5.32 Å². The number of amides is 1. The number of likely N-dealkylation sites (tertiary alicyclic amines) is 1. The molecule has 27 heavy (non-hydrogen) atoms. The molecule has 2 heterocycles. The molecule has 0 atom stereocenters. The fourth-order valence-electron chi connectivity index (χ4n) is 3.98. The van der Waals surface area contributed by atoms with E-state index in [0.29, 0.717) is 0 Å². The average Bonchev–Trinajstić information content (AvgIpc) is 2.92. The zero-order chi connectivity index (χ0) is 19.4. The number of hydrogen-bond acceptors (Lipinski definition) is 3. The Bertz CT molecular complexity index is 788. The summed E-state index contributed by atoms with van der Waals surface area (Å²) in [6.07, 6.45) is 3.01. The molecule has 5 nitrogen and oxygen atoms in total. The first kappa shape index (κ1) is 19.6. The Balaban J connectivity index is 1.55. The molecule has 5 heteroatoms. The van der Waals surface area contributed by atoms with Gasteiger partial charge in [0, 0.05) is 37.9 Å². The number of piperidine rings is 1. The molecule has 1 amide bonds. The van der Waals surface area contributed by atoms with Crippen LogP contribution in [0.25, 0.3) is 0 Å². The number of benzene rings is 1. The van der Waals surface area contributed by atoms with E-state index in [1.807, 2.05) is 18.5 Å². The highest BCUT2D eigenvalue weighted by molar-refractivity contribution is 5.96. The highest BCUT2D eigenvalue weighted by Crippen LogP contribution is 2.18. The zero-order valence-electron chi connectivity index (χ0n) is 17.1. The van der Waals surface area contributed by atoms with Crippen molar-refractivity contribution in [3.05, 3.63) is 52.3 Å². The monoisotopic (exact) mass is 368 g/mol. The van der Waals surface area contributed by atoms with E-state index in [4.69, 9.17) is 0 Å². The number of rotatable bonds is 6. The highest BCUT2D eigenvalue weighted by Gasteiger charge is 2.24. The lowest BCUT2D eigenvalue weighted by Crippen LogP contribution is -2.44. The molecule has 0 bridgehead atoms. The van der Waals surface area contributed by atoms with E-state index in [0.717, 1.165) is 62.4 Å². The van der Waals surface area contributed by atoms with Gasteiger partial charge in [0.1, 0.15) is 0 Å². The van der Waals surface area contributed by atoms with E-state index in [1.165, 1.54) is 11.1 Å². The number of nitrogens with zero attached hydrogens (tertiary/aromatic N) is 3. The fourth-order valence-corrected chi connectivity index (χ4v) is 3.98. The van der Waals surface area contributed by atoms with Crippen molar-refractivity contribution in [2.75, 3.05) is 13.1 Å². The summed E-state index contributed by atoms with van der Waals surface area (Å²) >= 11 is 0. The third-order valence-corrected chi connectivity index (χ3v) is 5.62. The van der Waals surface area contributed by atoms with Crippen LogP contribution >= 0.6 is 0 Å². The Kier molecular flexibility index (Phi) is 6.32. The molecule has 1 aliphatic rings. The van der Waals surface area contributed by atoms with E-state index in [9.17, 15) is 4.79 Å². The Morgan fingerprint density at radius 2 is 1.89 bits per heavy atom. The number of aromatic nitrogens is 2. The number of carbonyl (C=O) groups excluding carboxylic acids is 1. The summed E-state index contributed by atoms with van der Waals surface area (Å²) in [5, 5.41) is 7.78. The smallest absolute Gasteiger partial charge is 0.255 e. The zero-order valence-corrected chi connectivity index (χ0v) is 17.1. The maximum atomic E-state index is 12.8. The molecule has 1 aromatic carbocycles. The van der Waals surface area contributed by atoms with Gasteiger partial charge in [-0.15, -0.1) is 0 Å². The molecule has 0 aliphatic carbocycles. The first-order valence-electron chi connectivity index (χ1n) is 10.1. The number of aryl methyl sites for hydroxylation is 3. The summed E-state index contributed by atoms with van der Waals surface area (Å²) in [5.74, 6) is 0.0321. The summed E-state index contributed by atoms with van der Waals surface area (Å²) in [7, 11) is 0. The topological polar surface area (TPSA) is 50.2 Å². The van der Waals surface area contributed by atoms with Gasteiger partial charge in [0.05, 0.1) is 11.3 Å². The lowest BCUT2D eigenvalue weighted by Gasteiger charge is -2.32. The van der Waals surface area contributed by atoms with Crippen LogP contribution in [0.1, 0.15) is 59.1 Å². The van der Waals surface area contributed by atoms with Gasteiger partial charge in [-0.1, -0.05) is 31.2 Å².